The Balaban J connectivity index is 1.22. The van der Waals surface area contributed by atoms with Gasteiger partial charge >= 0.3 is 0 Å². The number of aryl methyl sites for hydroxylation is 1. The molecule has 0 radical (unpaired) electrons. The van der Waals surface area contributed by atoms with Gasteiger partial charge in [0.05, 0.1) is 29.8 Å². The summed E-state index contributed by atoms with van der Waals surface area (Å²) in [5, 5.41) is 22.5. The number of carbonyl (C=O) groups excluding carboxylic acids is 1. The number of likely N-dealkylation sites (tertiary alicyclic amines) is 1. The van der Waals surface area contributed by atoms with Crippen LogP contribution < -0.4 is 10.0 Å². The fraction of sp³-hybridized carbons (Fsp3) is 0.342. The van der Waals surface area contributed by atoms with Crippen LogP contribution in [0.25, 0.3) is 0 Å². The lowest BCUT2D eigenvalue weighted by Gasteiger charge is -2.38. The van der Waals surface area contributed by atoms with Crippen molar-refractivity contribution in [3.05, 3.63) is 131 Å². The molecule has 6 rings (SSSR count). The van der Waals surface area contributed by atoms with E-state index < -0.39 is 28.3 Å². The molecule has 0 spiro atoms. The number of nitrogens with zero attached hydrogens (tertiary/aromatic N) is 1. The minimum absolute atomic E-state index is 0.0461. The van der Waals surface area contributed by atoms with Crippen molar-refractivity contribution >= 4 is 21.6 Å². The minimum atomic E-state index is -4.00. The quantitative estimate of drug-likeness (QED) is 0.170. The van der Waals surface area contributed by atoms with Crippen LogP contribution in [-0.2, 0) is 37.3 Å². The van der Waals surface area contributed by atoms with Crippen LogP contribution in [-0.4, -0.2) is 67.3 Å². The molecule has 2 aliphatic rings. The average Bonchev–Trinajstić information content (AvgIpc) is 3.52. The summed E-state index contributed by atoms with van der Waals surface area (Å²) in [6.45, 7) is 3.86. The summed E-state index contributed by atoms with van der Waals surface area (Å²) in [5.41, 5.74) is 4.67. The van der Waals surface area contributed by atoms with E-state index in [0.29, 0.717) is 30.8 Å². The monoisotopic (exact) mass is 685 g/mol. The number of anilines is 1. The summed E-state index contributed by atoms with van der Waals surface area (Å²) in [7, 11) is -4.00. The van der Waals surface area contributed by atoms with Crippen LogP contribution >= 0.6 is 0 Å². The molecule has 1 amide bonds. The van der Waals surface area contributed by atoms with Gasteiger partial charge in [0.2, 0.25) is 15.9 Å². The molecular formula is C38H43N3O7S. The van der Waals surface area contributed by atoms with E-state index in [-0.39, 0.29) is 36.2 Å². The van der Waals surface area contributed by atoms with Gasteiger partial charge < -0.3 is 25.0 Å². The summed E-state index contributed by atoms with van der Waals surface area (Å²) in [6, 6.07) is 29.5. The highest BCUT2D eigenvalue weighted by Crippen LogP contribution is 2.39. The zero-order valence-electron chi connectivity index (χ0n) is 27.4. The van der Waals surface area contributed by atoms with Gasteiger partial charge in [-0.2, -0.15) is 4.72 Å². The molecule has 2 heterocycles. The molecule has 2 fully saturated rings. The molecule has 0 aromatic heterocycles. The van der Waals surface area contributed by atoms with E-state index in [2.05, 4.69) is 14.9 Å². The molecule has 0 saturated carbocycles. The molecule has 11 heteroatoms. The van der Waals surface area contributed by atoms with Gasteiger partial charge in [-0.3, -0.25) is 9.69 Å². The molecule has 2 aliphatic heterocycles. The summed E-state index contributed by atoms with van der Waals surface area (Å²) in [4.78, 5) is 16.1. The number of hydrogen-bond acceptors (Lipinski definition) is 8. The fourth-order valence-corrected chi connectivity index (χ4v) is 7.50. The van der Waals surface area contributed by atoms with Gasteiger partial charge in [0.25, 0.3) is 0 Å². The predicted octanol–water partition coefficient (Wildman–Crippen LogP) is 4.63. The number of nitrogens with one attached hydrogen (secondary N) is 2. The van der Waals surface area contributed by atoms with Crippen LogP contribution in [0.5, 0.6) is 0 Å². The third-order valence-corrected chi connectivity index (χ3v) is 10.5. The highest BCUT2D eigenvalue weighted by Gasteiger charge is 2.35. The van der Waals surface area contributed by atoms with Gasteiger partial charge in [-0.25, -0.2) is 8.42 Å². The number of amides is 1. The fourth-order valence-electron chi connectivity index (χ4n) is 6.30. The van der Waals surface area contributed by atoms with Gasteiger partial charge in [0, 0.05) is 37.3 Å². The lowest BCUT2D eigenvalue weighted by molar-refractivity contribution is -0.252. The van der Waals surface area contributed by atoms with Crippen molar-refractivity contribution in [2.45, 2.75) is 68.3 Å². The maximum absolute atomic E-state index is 13.8. The molecule has 0 aliphatic carbocycles. The van der Waals surface area contributed by atoms with Crippen molar-refractivity contribution in [1.29, 1.82) is 0 Å². The molecule has 258 valence electrons. The van der Waals surface area contributed by atoms with Crippen molar-refractivity contribution in [3.8, 4) is 0 Å². The summed E-state index contributed by atoms with van der Waals surface area (Å²) in [6.07, 6.45) is -0.0658. The van der Waals surface area contributed by atoms with E-state index in [4.69, 9.17) is 9.47 Å². The predicted molar refractivity (Wildman–Crippen MR) is 186 cm³/mol. The molecule has 0 bridgehead atoms. The van der Waals surface area contributed by atoms with Crippen molar-refractivity contribution in [3.63, 3.8) is 0 Å². The van der Waals surface area contributed by atoms with Crippen LogP contribution in [0.1, 0.15) is 53.1 Å². The van der Waals surface area contributed by atoms with E-state index in [1.165, 1.54) is 12.1 Å². The number of aliphatic hydroxyl groups excluding tert-OH is 2. The number of hydrogen-bond donors (Lipinski definition) is 4. The number of benzene rings is 4. The number of β-amino-alcohol motifs (C(OH)–C–C–N with tert-alkyl or cyclic N) is 1. The second-order valence-corrected chi connectivity index (χ2v) is 14.6. The van der Waals surface area contributed by atoms with Crippen LogP contribution in [0.2, 0.25) is 0 Å². The third-order valence-electron chi connectivity index (χ3n) is 8.98. The molecule has 4 aromatic rings. The first-order valence-corrected chi connectivity index (χ1v) is 18.1. The molecule has 0 unspecified atom stereocenters. The normalized spacial score (nSPS) is 22.1. The first-order valence-electron chi connectivity index (χ1n) is 16.6. The van der Waals surface area contributed by atoms with Crippen LogP contribution in [0, 0.1) is 6.92 Å². The zero-order chi connectivity index (χ0) is 34.4. The largest absolute Gasteiger partial charge is 0.392 e. The Morgan fingerprint density at radius 1 is 0.918 bits per heavy atom. The Labute approximate surface area is 287 Å². The first-order chi connectivity index (χ1) is 23.6. The van der Waals surface area contributed by atoms with Gasteiger partial charge in [-0.05, 0) is 60.7 Å². The van der Waals surface area contributed by atoms with Gasteiger partial charge in [-0.1, -0.05) is 84.4 Å². The third kappa shape index (κ3) is 9.20. The maximum Gasteiger partial charge on any atom is 0.242 e. The van der Waals surface area contributed by atoms with Crippen LogP contribution in [0.4, 0.5) is 5.69 Å². The Morgan fingerprint density at radius 3 is 2.37 bits per heavy atom. The Bertz CT molecular complexity index is 1800. The number of aliphatic hydroxyl groups is 2. The molecule has 2 saturated heterocycles. The van der Waals surface area contributed by atoms with Crippen molar-refractivity contribution in [2.75, 3.05) is 25.0 Å². The van der Waals surface area contributed by atoms with E-state index in [1.807, 2.05) is 67.6 Å². The molecule has 4 N–H and O–H groups in total. The van der Waals surface area contributed by atoms with Crippen LogP contribution in [0.3, 0.4) is 0 Å². The lowest BCUT2D eigenvalue weighted by atomic mass is 9.99. The Hall–Kier alpha value is -3.94. The highest BCUT2D eigenvalue weighted by atomic mass is 32.2. The van der Waals surface area contributed by atoms with Crippen molar-refractivity contribution in [2.24, 2.45) is 0 Å². The van der Waals surface area contributed by atoms with Crippen molar-refractivity contribution < 1.29 is 32.9 Å². The number of ether oxygens (including phenoxy) is 2. The number of rotatable bonds is 12. The summed E-state index contributed by atoms with van der Waals surface area (Å²) >= 11 is 0. The molecule has 10 nitrogen and oxygen atoms in total. The average molecular weight is 686 g/mol. The van der Waals surface area contributed by atoms with Gasteiger partial charge in [-0.15, -0.1) is 0 Å². The highest BCUT2D eigenvalue weighted by molar-refractivity contribution is 7.89. The lowest BCUT2D eigenvalue weighted by Crippen LogP contribution is -2.45. The van der Waals surface area contributed by atoms with Crippen LogP contribution in [0.15, 0.2) is 108 Å². The Kier molecular flexibility index (Phi) is 11.2. The smallest absolute Gasteiger partial charge is 0.242 e. The van der Waals surface area contributed by atoms with E-state index in [0.717, 1.165) is 35.2 Å². The van der Waals surface area contributed by atoms with Gasteiger partial charge in [0.15, 0.2) is 6.29 Å². The summed E-state index contributed by atoms with van der Waals surface area (Å²) < 4.78 is 42.3. The first kappa shape index (κ1) is 34.9. The topological polar surface area (TPSA) is 137 Å². The Morgan fingerprint density at radius 2 is 1.67 bits per heavy atom. The van der Waals surface area contributed by atoms with E-state index in [9.17, 15) is 23.4 Å². The standard InChI is InChI=1S/C38H43N3O7S/c1-26-10-16-34(17-11-26)49(45,46)40-35(20-27-6-3-2-4-7-27)37(44)39-31-9-5-8-30(21-31)38-47-33(24-41-19-18-32(43)23-41)22-36(48-38)29-14-12-28(25-42)13-15-29/h2-17,21,32-33,35-36,38,40,42-43H,18-20,22-25H2,1H3,(H,39,44)/t32-,33+,35+,36-,38-/m0/s1. The zero-order valence-corrected chi connectivity index (χ0v) is 28.3. The number of carbonyl (C=O) groups is 1. The second kappa shape index (κ2) is 15.7. The molecule has 4 aromatic carbocycles. The van der Waals surface area contributed by atoms with E-state index in [1.54, 1.807) is 30.3 Å². The number of sulfonamides is 1. The van der Waals surface area contributed by atoms with Gasteiger partial charge in [0.1, 0.15) is 6.04 Å². The molecule has 49 heavy (non-hydrogen) atoms. The SMILES string of the molecule is Cc1ccc(S(=O)(=O)N[C@H](Cc2ccccc2)C(=O)Nc2cccc([C@H]3O[C@@H](CN4CC[C@H](O)C4)C[C@@H](c4ccc(CO)cc4)O3)c2)cc1. The maximum atomic E-state index is 13.8. The summed E-state index contributed by atoms with van der Waals surface area (Å²) in [5.74, 6) is -0.505. The van der Waals surface area contributed by atoms with Crippen molar-refractivity contribution in [1.82, 2.24) is 9.62 Å². The molecular weight excluding hydrogens is 642 g/mol. The van der Waals surface area contributed by atoms with E-state index >= 15 is 0 Å². The molecule has 5 atom stereocenters. The minimum Gasteiger partial charge on any atom is -0.392 e. The second-order valence-electron chi connectivity index (χ2n) is 12.8.